The van der Waals surface area contributed by atoms with Crippen LogP contribution >= 0.6 is 0 Å². The Hall–Kier alpha value is -5.75. The maximum absolute atomic E-state index is 14.1. The molecular formula is C37H34N4O5. The normalized spacial score (nSPS) is 14.0. The molecule has 5 rings (SSSR count). The van der Waals surface area contributed by atoms with Crippen LogP contribution in [-0.2, 0) is 16.0 Å². The lowest BCUT2D eigenvalue weighted by Crippen LogP contribution is -2.45. The Morgan fingerprint density at radius 1 is 0.848 bits per heavy atom. The first-order chi connectivity index (χ1) is 22.0. The summed E-state index contributed by atoms with van der Waals surface area (Å²) in [6.07, 6.45) is 0.499. The molecule has 232 valence electrons. The largest absolute Gasteiger partial charge is 0.456 e. The highest BCUT2D eigenvalue weighted by atomic mass is 16.6. The second kappa shape index (κ2) is 13.1. The zero-order valence-electron chi connectivity index (χ0n) is 26.1. The molecule has 3 amide bonds. The van der Waals surface area contributed by atoms with Gasteiger partial charge in [0.1, 0.15) is 11.6 Å². The number of carbonyl (C=O) groups excluding carboxylic acids is 4. The molecule has 1 unspecified atom stereocenters. The summed E-state index contributed by atoms with van der Waals surface area (Å²) in [4.78, 5) is 54.1. The van der Waals surface area contributed by atoms with Gasteiger partial charge in [0.25, 0.3) is 17.7 Å². The Kier molecular flexibility index (Phi) is 9.01. The Bertz CT molecular complexity index is 1830. The molecule has 1 atom stereocenters. The number of ether oxygens (including phenoxy) is 1. The minimum atomic E-state index is -0.970. The van der Waals surface area contributed by atoms with Gasteiger partial charge < -0.3 is 20.3 Å². The molecule has 9 nitrogen and oxygen atoms in total. The number of nitriles is 1. The smallest absolute Gasteiger partial charge is 0.338 e. The SMILES string of the molecule is CNC(=O)c1ccc(-c2cccc3c2CCN(C(=O)c2ccc(C#N)cc2)C3C(=O)Nc2ccc(C(=O)OC(C)(C)C)cc2)cc1. The lowest BCUT2D eigenvalue weighted by Gasteiger charge is -2.37. The van der Waals surface area contributed by atoms with Crippen LogP contribution in [0.4, 0.5) is 5.69 Å². The van der Waals surface area contributed by atoms with Gasteiger partial charge in [-0.05, 0) is 110 Å². The molecule has 0 aliphatic carbocycles. The van der Waals surface area contributed by atoms with Gasteiger partial charge in [0.15, 0.2) is 0 Å². The van der Waals surface area contributed by atoms with E-state index in [-0.39, 0.29) is 18.4 Å². The van der Waals surface area contributed by atoms with Crippen molar-refractivity contribution in [2.45, 2.75) is 38.8 Å². The van der Waals surface area contributed by atoms with E-state index in [4.69, 9.17) is 4.74 Å². The molecule has 1 aliphatic rings. The molecule has 0 saturated heterocycles. The van der Waals surface area contributed by atoms with Crippen molar-refractivity contribution in [1.29, 1.82) is 5.26 Å². The fourth-order valence-corrected chi connectivity index (χ4v) is 5.48. The number of fused-ring (bicyclic) bond motifs is 1. The van der Waals surface area contributed by atoms with Gasteiger partial charge in [0, 0.05) is 30.4 Å². The molecule has 9 heteroatoms. The van der Waals surface area contributed by atoms with Crippen molar-refractivity contribution < 1.29 is 23.9 Å². The van der Waals surface area contributed by atoms with Crippen LogP contribution in [0.15, 0.2) is 91.0 Å². The Labute approximate surface area is 267 Å². The topological polar surface area (TPSA) is 129 Å². The quantitative estimate of drug-likeness (QED) is 0.260. The van der Waals surface area contributed by atoms with Gasteiger partial charge in [-0.1, -0.05) is 30.3 Å². The lowest BCUT2D eigenvalue weighted by molar-refractivity contribution is -0.121. The van der Waals surface area contributed by atoms with Crippen LogP contribution in [-0.4, -0.2) is 47.8 Å². The van der Waals surface area contributed by atoms with E-state index >= 15 is 0 Å². The first kappa shape index (κ1) is 31.7. The highest BCUT2D eigenvalue weighted by Gasteiger charge is 2.37. The number of nitrogens with one attached hydrogen (secondary N) is 2. The molecule has 0 saturated carbocycles. The van der Waals surface area contributed by atoms with Crippen molar-refractivity contribution in [2.75, 3.05) is 18.9 Å². The average Bonchev–Trinajstić information content (AvgIpc) is 3.06. The van der Waals surface area contributed by atoms with Gasteiger partial charge in [-0.15, -0.1) is 0 Å². The van der Waals surface area contributed by atoms with Crippen LogP contribution in [0.2, 0.25) is 0 Å². The number of hydrogen-bond acceptors (Lipinski definition) is 6. The molecule has 2 N–H and O–H groups in total. The molecule has 0 bridgehead atoms. The minimum absolute atomic E-state index is 0.186. The molecule has 0 spiro atoms. The summed E-state index contributed by atoms with van der Waals surface area (Å²) in [5.41, 5.74) is 4.89. The van der Waals surface area contributed by atoms with Crippen molar-refractivity contribution in [3.05, 3.63) is 124 Å². The van der Waals surface area contributed by atoms with E-state index in [2.05, 4.69) is 16.7 Å². The van der Waals surface area contributed by atoms with E-state index in [1.54, 1.807) is 93.4 Å². The maximum Gasteiger partial charge on any atom is 0.338 e. The average molecular weight is 615 g/mol. The first-order valence-corrected chi connectivity index (χ1v) is 14.9. The number of anilines is 1. The molecule has 0 radical (unpaired) electrons. The van der Waals surface area contributed by atoms with E-state index in [0.717, 1.165) is 16.7 Å². The van der Waals surface area contributed by atoms with Gasteiger partial charge in [-0.25, -0.2) is 4.79 Å². The van der Waals surface area contributed by atoms with Crippen LogP contribution in [0.1, 0.15) is 74.6 Å². The van der Waals surface area contributed by atoms with Gasteiger partial charge in [0.2, 0.25) is 0 Å². The predicted molar refractivity (Wildman–Crippen MR) is 174 cm³/mol. The second-order valence-corrected chi connectivity index (χ2v) is 11.9. The summed E-state index contributed by atoms with van der Waals surface area (Å²) >= 11 is 0. The molecule has 0 fully saturated rings. The molecule has 1 aliphatic heterocycles. The van der Waals surface area contributed by atoms with Crippen LogP contribution in [0.3, 0.4) is 0 Å². The van der Waals surface area contributed by atoms with Gasteiger partial charge in [0.05, 0.1) is 17.2 Å². The van der Waals surface area contributed by atoms with Crippen LogP contribution in [0.25, 0.3) is 11.1 Å². The summed E-state index contributed by atoms with van der Waals surface area (Å²) in [6.45, 7) is 5.64. The van der Waals surface area contributed by atoms with Crippen LogP contribution in [0.5, 0.6) is 0 Å². The third-order valence-electron chi connectivity index (χ3n) is 7.66. The number of benzene rings is 4. The van der Waals surface area contributed by atoms with Gasteiger partial charge in [-0.3, -0.25) is 14.4 Å². The van der Waals surface area contributed by atoms with Crippen LogP contribution in [0, 0.1) is 11.3 Å². The number of carbonyl (C=O) groups is 4. The summed E-state index contributed by atoms with van der Waals surface area (Å²) in [6, 6.07) is 26.7. The van der Waals surface area contributed by atoms with Crippen molar-refractivity contribution in [2.24, 2.45) is 0 Å². The van der Waals surface area contributed by atoms with Crippen molar-refractivity contribution in [3.8, 4) is 17.2 Å². The minimum Gasteiger partial charge on any atom is -0.456 e. The number of amides is 3. The second-order valence-electron chi connectivity index (χ2n) is 11.9. The number of rotatable bonds is 6. The molecule has 0 aromatic heterocycles. The molecule has 4 aromatic rings. The monoisotopic (exact) mass is 614 g/mol. The number of hydrogen-bond donors (Lipinski definition) is 2. The standard InChI is InChI=1S/C37H34N4O5/c1-37(2,3)46-36(45)27-16-18-28(19-17-27)40-34(43)32-31-7-5-6-29(24-12-14-25(15-13-24)33(42)39-4)30(31)20-21-41(32)35(44)26-10-8-23(22-38)9-11-26/h5-19,32H,20-21H2,1-4H3,(H,39,42)(H,40,43). The number of esters is 1. The van der Waals surface area contributed by atoms with Crippen molar-refractivity contribution >= 4 is 29.4 Å². The van der Waals surface area contributed by atoms with E-state index in [1.165, 1.54) is 0 Å². The number of nitrogens with zero attached hydrogens (tertiary/aromatic N) is 2. The zero-order valence-corrected chi connectivity index (χ0v) is 26.1. The zero-order chi connectivity index (χ0) is 33.0. The predicted octanol–water partition coefficient (Wildman–Crippen LogP) is 5.92. The first-order valence-electron chi connectivity index (χ1n) is 14.9. The fourth-order valence-electron chi connectivity index (χ4n) is 5.48. The van der Waals surface area contributed by atoms with E-state index in [1.807, 2.05) is 30.3 Å². The molecule has 46 heavy (non-hydrogen) atoms. The van der Waals surface area contributed by atoms with E-state index < -0.39 is 23.5 Å². The summed E-state index contributed by atoms with van der Waals surface area (Å²) in [5.74, 6) is -1.41. The van der Waals surface area contributed by atoms with Crippen molar-refractivity contribution in [3.63, 3.8) is 0 Å². The van der Waals surface area contributed by atoms with Gasteiger partial charge >= 0.3 is 5.97 Å². The Morgan fingerprint density at radius 2 is 1.48 bits per heavy atom. The maximum atomic E-state index is 14.1. The van der Waals surface area contributed by atoms with Gasteiger partial charge in [-0.2, -0.15) is 5.26 Å². The highest BCUT2D eigenvalue weighted by Crippen LogP contribution is 2.37. The van der Waals surface area contributed by atoms with Crippen molar-refractivity contribution in [1.82, 2.24) is 10.2 Å². The molecule has 1 heterocycles. The highest BCUT2D eigenvalue weighted by molar-refractivity contribution is 6.03. The molecular weight excluding hydrogens is 580 g/mol. The van der Waals surface area contributed by atoms with E-state index in [9.17, 15) is 24.4 Å². The summed E-state index contributed by atoms with van der Waals surface area (Å²) < 4.78 is 5.44. The Balaban J connectivity index is 1.50. The molecule has 4 aromatic carbocycles. The summed E-state index contributed by atoms with van der Waals surface area (Å²) in [7, 11) is 1.58. The third-order valence-corrected chi connectivity index (χ3v) is 7.66. The summed E-state index contributed by atoms with van der Waals surface area (Å²) in [5, 5.41) is 14.8. The fraction of sp³-hybridized carbons (Fsp3) is 0.216. The third kappa shape index (κ3) is 6.81. The van der Waals surface area contributed by atoms with Crippen LogP contribution < -0.4 is 10.6 Å². The Morgan fingerprint density at radius 3 is 2.09 bits per heavy atom. The lowest BCUT2D eigenvalue weighted by atomic mass is 9.85. The van der Waals surface area contributed by atoms with E-state index in [0.29, 0.717) is 39.9 Å².